The fourth-order valence-corrected chi connectivity index (χ4v) is 3.50. The van der Waals surface area contributed by atoms with Gasteiger partial charge in [0.15, 0.2) is 0 Å². The molecule has 0 saturated carbocycles. The Labute approximate surface area is 147 Å². The van der Waals surface area contributed by atoms with Crippen LogP contribution in [0.15, 0.2) is 12.1 Å². The molecule has 1 aliphatic heterocycles. The monoisotopic (exact) mass is 353 g/mol. The van der Waals surface area contributed by atoms with Gasteiger partial charge in [-0.3, -0.25) is 14.9 Å². The van der Waals surface area contributed by atoms with Crippen LogP contribution in [0.1, 0.15) is 32.3 Å². The summed E-state index contributed by atoms with van der Waals surface area (Å²) in [4.78, 5) is 26.8. The molecule has 0 atom stereocenters. The lowest BCUT2D eigenvalue weighted by atomic mass is 9.94. The Morgan fingerprint density at radius 3 is 2.42 bits per heavy atom. The predicted octanol–water partition coefficient (Wildman–Crippen LogP) is 3.64. The van der Waals surface area contributed by atoms with Crippen molar-refractivity contribution in [1.82, 2.24) is 4.90 Å². The fraction of sp³-hybridized carbons (Fsp3) is 0.588. The minimum Gasteiger partial charge on any atom is -0.370 e. The van der Waals surface area contributed by atoms with Crippen molar-refractivity contribution in [2.24, 2.45) is 5.92 Å². The molecule has 1 aliphatic rings. The maximum absolute atomic E-state index is 12.4. The first kappa shape index (κ1) is 18.5. The number of halogens is 1. The molecule has 0 spiro atoms. The molecule has 2 rings (SSSR count). The first-order chi connectivity index (χ1) is 11.2. The quantitative estimate of drug-likeness (QED) is 0.612. The Morgan fingerprint density at radius 1 is 1.38 bits per heavy atom. The molecule has 7 heteroatoms. The van der Waals surface area contributed by atoms with Crippen molar-refractivity contribution in [2.45, 2.75) is 39.7 Å². The Hall–Kier alpha value is -1.82. The summed E-state index contributed by atoms with van der Waals surface area (Å²) < 4.78 is 0. The number of carbonyl (C=O) groups is 1. The van der Waals surface area contributed by atoms with Crippen molar-refractivity contribution in [3.05, 3.63) is 32.8 Å². The summed E-state index contributed by atoms with van der Waals surface area (Å²) in [5.74, 6) is 0.224. The largest absolute Gasteiger partial charge is 0.370 e. The molecule has 1 heterocycles. The van der Waals surface area contributed by atoms with Gasteiger partial charge in [-0.25, -0.2) is 0 Å². The molecule has 24 heavy (non-hydrogen) atoms. The van der Waals surface area contributed by atoms with E-state index in [4.69, 9.17) is 11.6 Å². The number of non-ortho nitro benzene ring substituents is 1. The maximum atomic E-state index is 12.4. The van der Waals surface area contributed by atoms with Crippen LogP contribution in [0.4, 0.5) is 11.4 Å². The number of amides is 1. The highest BCUT2D eigenvalue weighted by atomic mass is 35.5. The van der Waals surface area contributed by atoms with Gasteiger partial charge >= 0.3 is 0 Å². The van der Waals surface area contributed by atoms with Crippen LogP contribution in [-0.4, -0.2) is 41.9 Å². The molecule has 1 aromatic rings. The number of nitro benzene ring substituents is 1. The molecule has 0 unspecified atom stereocenters. The average molecular weight is 354 g/mol. The van der Waals surface area contributed by atoms with E-state index in [0.717, 1.165) is 37.2 Å². The minimum absolute atomic E-state index is 0.00451. The Bertz CT molecular complexity index is 617. The number of carbonyl (C=O) groups excluding carboxylic acids is 1. The summed E-state index contributed by atoms with van der Waals surface area (Å²) in [6.07, 6.45) is 1.53. The molecule has 0 aliphatic carbocycles. The maximum Gasteiger partial charge on any atom is 0.271 e. The number of anilines is 1. The zero-order valence-electron chi connectivity index (χ0n) is 14.6. The Balaban J connectivity index is 2.10. The van der Waals surface area contributed by atoms with E-state index in [1.54, 1.807) is 11.0 Å². The number of piperidine rings is 1. The zero-order chi connectivity index (χ0) is 18.0. The van der Waals surface area contributed by atoms with Crippen molar-refractivity contribution in [2.75, 3.05) is 25.0 Å². The highest BCUT2D eigenvalue weighted by molar-refractivity contribution is 6.33. The summed E-state index contributed by atoms with van der Waals surface area (Å²) in [7, 11) is 1.84. The van der Waals surface area contributed by atoms with E-state index in [2.05, 4.69) is 4.90 Å². The Kier molecular flexibility index (Phi) is 5.70. The van der Waals surface area contributed by atoms with Crippen LogP contribution in [0.2, 0.25) is 5.02 Å². The molecule has 6 nitrogen and oxygen atoms in total. The van der Waals surface area contributed by atoms with E-state index in [0.29, 0.717) is 5.02 Å². The van der Waals surface area contributed by atoms with Crippen molar-refractivity contribution < 1.29 is 9.72 Å². The molecular weight excluding hydrogens is 330 g/mol. The van der Waals surface area contributed by atoms with Gasteiger partial charge in [0.25, 0.3) is 5.69 Å². The fourth-order valence-electron chi connectivity index (χ4n) is 3.12. The number of aryl methyl sites for hydroxylation is 1. The zero-order valence-corrected chi connectivity index (χ0v) is 15.3. The highest BCUT2D eigenvalue weighted by Crippen LogP contribution is 2.36. The third-order valence-electron chi connectivity index (χ3n) is 4.73. The van der Waals surface area contributed by atoms with E-state index in [1.165, 1.54) is 6.07 Å². The molecule has 1 amide bonds. The third-order valence-corrected chi connectivity index (χ3v) is 5.02. The molecule has 0 bridgehead atoms. The number of nitrogens with zero attached hydrogens (tertiary/aromatic N) is 3. The predicted molar refractivity (Wildman–Crippen MR) is 95.7 cm³/mol. The standard InChI is InChI=1S/C17H24ClN3O3/c1-11(2)19(4)17(22)13-5-7-20(8-6-13)16-12(3)9-14(21(23)24)10-15(16)18/h9-11,13H,5-8H2,1-4H3. The molecule has 1 saturated heterocycles. The second-order valence-corrected chi connectivity index (χ2v) is 7.06. The van der Waals surface area contributed by atoms with Gasteiger partial charge in [-0.2, -0.15) is 0 Å². The first-order valence-corrected chi connectivity index (χ1v) is 8.56. The van der Waals surface area contributed by atoms with E-state index in [-0.39, 0.29) is 23.6 Å². The molecule has 132 valence electrons. The van der Waals surface area contributed by atoms with Crippen LogP contribution in [0.3, 0.4) is 0 Å². The summed E-state index contributed by atoms with van der Waals surface area (Å²) in [6.45, 7) is 7.29. The van der Waals surface area contributed by atoms with Crippen LogP contribution in [0.25, 0.3) is 0 Å². The number of hydrogen-bond donors (Lipinski definition) is 0. The van der Waals surface area contributed by atoms with E-state index < -0.39 is 4.92 Å². The van der Waals surface area contributed by atoms with Gasteiger partial charge in [0.05, 0.1) is 15.6 Å². The summed E-state index contributed by atoms with van der Waals surface area (Å²) in [5.41, 5.74) is 1.63. The second-order valence-electron chi connectivity index (χ2n) is 6.65. The van der Waals surface area contributed by atoms with Crippen LogP contribution in [-0.2, 0) is 4.79 Å². The number of rotatable bonds is 4. The van der Waals surface area contributed by atoms with Crippen molar-refractivity contribution >= 4 is 28.9 Å². The van der Waals surface area contributed by atoms with Crippen LogP contribution >= 0.6 is 11.6 Å². The average Bonchev–Trinajstić information content (AvgIpc) is 2.53. The van der Waals surface area contributed by atoms with Crippen LogP contribution < -0.4 is 4.90 Å². The van der Waals surface area contributed by atoms with E-state index in [9.17, 15) is 14.9 Å². The van der Waals surface area contributed by atoms with Crippen molar-refractivity contribution in [3.63, 3.8) is 0 Å². The van der Waals surface area contributed by atoms with Crippen LogP contribution in [0.5, 0.6) is 0 Å². The lowest BCUT2D eigenvalue weighted by Crippen LogP contribution is -2.43. The Morgan fingerprint density at radius 2 is 1.96 bits per heavy atom. The molecule has 0 radical (unpaired) electrons. The number of nitro groups is 1. The van der Waals surface area contributed by atoms with Gasteiger partial charge in [-0.1, -0.05) is 11.6 Å². The first-order valence-electron chi connectivity index (χ1n) is 8.18. The molecule has 0 aromatic heterocycles. The summed E-state index contributed by atoms with van der Waals surface area (Å²) in [5, 5.41) is 11.3. The summed E-state index contributed by atoms with van der Waals surface area (Å²) in [6, 6.07) is 3.14. The van der Waals surface area contributed by atoms with Gasteiger partial charge in [0.2, 0.25) is 5.91 Å². The smallest absolute Gasteiger partial charge is 0.271 e. The molecule has 0 N–H and O–H groups in total. The lowest BCUT2D eigenvalue weighted by Gasteiger charge is -2.36. The highest BCUT2D eigenvalue weighted by Gasteiger charge is 2.29. The van der Waals surface area contributed by atoms with Crippen LogP contribution in [0, 0.1) is 23.0 Å². The third kappa shape index (κ3) is 3.80. The van der Waals surface area contributed by atoms with Gasteiger partial charge < -0.3 is 9.80 Å². The van der Waals surface area contributed by atoms with E-state index in [1.807, 2.05) is 27.8 Å². The molecule has 1 aromatic carbocycles. The van der Waals surface area contributed by atoms with E-state index >= 15 is 0 Å². The van der Waals surface area contributed by atoms with Gasteiger partial charge in [0.1, 0.15) is 0 Å². The van der Waals surface area contributed by atoms with Gasteiger partial charge in [-0.05, 0) is 39.2 Å². The number of hydrogen-bond acceptors (Lipinski definition) is 4. The second kappa shape index (κ2) is 7.38. The topological polar surface area (TPSA) is 66.7 Å². The summed E-state index contributed by atoms with van der Waals surface area (Å²) >= 11 is 6.28. The SMILES string of the molecule is Cc1cc([N+](=O)[O-])cc(Cl)c1N1CCC(C(=O)N(C)C(C)C)CC1. The van der Waals surface area contributed by atoms with Crippen molar-refractivity contribution in [1.29, 1.82) is 0 Å². The minimum atomic E-state index is -0.435. The van der Waals surface area contributed by atoms with Gasteiger partial charge in [0, 0.05) is 44.2 Å². The van der Waals surface area contributed by atoms with Crippen molar-refractivity contribution in [3.8, 4) is 0 Å². The normalized spacial score (nSPS) is 15.7. The van der Waals surface area contributed by atoms with Gasteiger partial charge in [-0.15, -0.1) is 0 Å². The lowest BCUT2D eigenvalue weighted by molar-refractivity contribution is -0.384. The molecular formula is C17H24ClN3O3. The number of benzene rings is 1. The molecule has 1 fully saturated rings.